The molecule has 1 heterocycles. The quantitative estimate of drug-likeness (QED) is 0.768. The summed E-state index contributed by atoms with van der Waals surface area (Å²) in [7, 11) is 0. The van der Waals surface area contributed by atoms with Crippen LogP contribution in [0.3, 0.4) is 0 Å². The van der Waals surface area contributed by atoms with Crippen LogP contribution >= 0.6 is 11.8 Å². The first-order valence-electron chi connectivity index (χ1n) is 6.17. The second-order valence-electron chi connectivity index (χ2n) is 4.14. The van der Waals surface area contributed by atoms with Crippen molar-refractivity contribution < 1.29 is 14.3 Å². The van der Waals surface area contributed by atoms with Gasteiger partial charge in [-0.05, 0) is 19.1 Å². The van der Waals surface area contributed by atoms with E-state index in [1.165, 1.54) is 0 Å². The molecule has 3 N–H and O–H groups in total. The molecule has 1 aliphatic heterocycles. The molecule has 1 aromatic rings. The minimum Gasteiger partial charge on any atom is -0.494 e. The van der Waals surface area contributed by atoms with Gasteiger partial charge in [-0.25, -0.2) is 0 Å². The Labute approximate surface area is 120 Å². The van der Waals surface area contributed by atoms with Crippen LogP contribution < -0.4 is 15.4 Å². The largest absolute Gasteiger partial charge is 0.494 e. The maximum absolute atomic E-state index is 11.9. The smallest absolute Gasteiger partial charge is 0.240 e. The maximum Gasteiger partial charge on any atom is 0.240 e. The molecule has 1 fully saturated rings. The van der Waals surface area contributed by atoms with E-state index in [2.05, 4.69) is 10.6 Å². The molecule has 106 valence electrons. The summed E-state index contributed by atoms with van der Waals surface area (Å²) < 4.78 is 5.34. The topological polar surface area (TPSA) is 91.3 Å². The molecule has 0 saturated carbocycles. The molecule has 2 amide bonds. The van der Waals surface area contributed by atoms with E-state index in [1.807, 2.05) is 6.92 Å². The molecule has 1 atom stereocenters. The first-order valence-corrected chi connectivity index (χ1v) is 7.05. The van der Waals surface area contributed by atoms with Crippen molar-refractivity contribution in [3.8, 4) is 5.75 Å². The van der Waals surface area contributed by atoms with Gasteiger partial charge in [0.05, 0.1) is 6.61 Å². The van der Waals surface area contributed by atoms with Crippen molar-refractivity contribution in [2.75, 3.05) is 11.9 Å². The first-order chi connectivity index (χ1) is 9.58. The fraction of sp³-hybridized carbons (Fsp3) is 0.308. The van der Waals surface area contributed by atoms with E-state index < -0.39 is 5.25 Å². The predicted octanol–water partition coefficient (Wildman–Crippen LogP) is 1.58. The van der Waals surface area contributed by atoms with Gasteiger partial charge in [0.25, 0.3) is 0 Å². The number of amidine groups is 1. The van der Waals surface area contributed by atoms with Crippen LogP contribution in [0.15, 0.2) is 24.3 Å². The Morgan fingerprint density at radius 3 is 3.00 bits per heavy atom. The average molecular weight is 293 g/mol. The van der Waals surface area contributed by atoms with Crippen LogP contribution in [0.1, 0.15) is 13.3 Å². The standard InChI is InChI=1S/C13H15N3O3S/c1-2-19-9-5-3-4-8(6-9)15-11(17)7-10-12(18)16-13(14)20-10/h3-6,10H,2,7H2,1H3,(H,15,17)(H2,14,16,18). The van der Waals surface area contributed by atoms with Crippen molar-refractivity contribution >= 4 is 34.4 Å². The highest BCUT2D eigenvalue weighted by Crippen LogP contribution is 2.22. The van der Waals surface area contributed by atoms with Gasteiger partial charge in [0, 0.05) is 18.2 Å². The Hall–Kier alpha value is -2.02. The van der Waals surface area contributed by atoms with Gasteiger partial charge >= 0.3 is 0 Å². The summed E-state index contributed by atoms with van der Waals surface area (Å²) in [5, 5.41) is 12.0. The summed E-state index contributed by atoms with van der Waals surface area (Å²) in [5.74, 6) is 0.124. The second kappa shape index (κ2) is 6.42. The Balaban J connectivity index is 1.92. The normalized spacial score (nSPS) is 17.8. The molecule has 0 aromatic heterocycles. The Kier molecular flexibility index (Phi) is 4.62. The van der Waals surface area contributed by atoms with E-state index in [1.54, 1.807) is 24.3 Å². The van der Waals surface area contributed by atoms with Gasteiger partial charge in [0.2, 0.25) is 11.8 Å². The molecule has 2 rings (SSSR count). The molecule has 0 radical (unpaired) electrons. The van der Waals surface area contributed by atoms with Gasteiger partial charge < -0.3 is 15.4 Å². The molecule has 0 spiro atoms. The van der Waals surface area contributed by atoms with E-state index >= 15 is 0 Å². The van der Waals surface area contributed by atoms with Crippen molar-refractivity contribution in [3.63, 3.8) is 0 Å². The lowest BCUT2D eigenvalue weighted by Crippen LogP contribution is -2.27. The third-order valence-electron chi connectivity index (χ3n) is 2.59. The number of carbonyl (C=O) groups is 2. The summed E-state index contributed by atoms with van der Waals surface area (Å²) >= 11 is 1.06. The number of thioether (sulfide) groups is 1. The van der Waals surface area contributed by atoms with E-state index in [4.69, 9.17) is 10.1 Å². The predicted molar refractivity (Wildman–Crippen MR) is 78.1 cm³/mol. The van der Waals surface area contributed by atoms with Crippen LogP contribution in [0.4, 0.5) is 5.69 Å². The van der Waals surface area contributed by atoms with Crippen LogP contribution in [0, 0.1) is 5.41 Å². The molecule has 0 aliphatic carbocycles. The lowest BCUT2D eigenvalue weighted by molar-refractivity contribution is -0.122. The molecule has 20 heavy (non-hydrogen) atoms. The van der Waals surface area contributed by atoms with Crippen molar-refractivity contribution in [2.24, 2.45) is 0 Å². The molecule has 1 saturated heterocycles. The third-order valence-corrected chi connectivity index (χ3v) is 3.59. The third kappa shape index (κ3) is 3.74. The molecular formula is C13H15N3O3S. The monoisotopic (exact) mass is 293 g/mol. The highest BCUT2D eigenvalue weighted by Gasteiger charge is 2.31. The zero-order valence-corrected chi connectivity index (χ0v) is 11.8. The van der Waals surface area contributed by atoms with Gasteiger partial charge in [-0.3, -0.25) is 15.0 Å². The van der Waals surface area contributed by atoms with Gasteiger partial charge in [-0.2, -0.15) is 0 Å². The fourth-order valence-corrected chi connectivity index (χ4v) is 2.61. The SMILES string of the molecule is CCOc1cccc(NC(=O)CC2SC(=N)NC2=O)c1. The number of nitrogens with one attached hydrogen (secondary N) is 3. The zero-order valence-electron chi connectivity index (χ0n) is 10.9. The van der Waals surface area contributed by atoms with Crippen molar-refractivity contribution in [1.29, 1.82) is 5.41 Å². The lowest BCUT2D eigenvalue weighted by atomic mass is 10.2. The number of anilines is 1. The molecule has 7 heteroatoms. The second-order valence-corrected chi connectivity index (χ2v) is 5.35. The highest BCUT2D eigenvalue weighted by molar-refractivity contribution is 8.15. The Morgan fingerprint density at radius 1 is 1.55 bits per heavy atom. The van der Waals surface area contributed by atoms with Crippen LogP contribution in [0.25, 0.3) is 0 Å². The lowest BCUT2D eigenvalue weighted by Gasteiger charge is -2.09. The number of benzene rings is 1. The number of rotatable bonds is 5. The number of ether oxygens (including phenoxy) is 1. The summed E-state index contributed by atoms with van der Waals surface area (Å²) in [6, 6.07) is 7.07. The van der Waals surface area contributed by atoms with Gasteiger partial charge in [-0.15, -0.1) is 0 Å². The summed E-state index contributed by atoms with van der Waals surface area (Å²) in [5.41, 5.74) is 0.624. The van der Waals surface area contributed by atoms with E-state index in [-0.39, 0.29) is 23.4 Å². The van der Waals surface area contributed by atoms with E-state index in [0.717, 1.165) is 11.8 Å². The van der Waals surface area contributed by atoms with Crippen LogP contribution in [0.2, 0.25) is 0 Å². The highest BCUT2D eigenvalue weighted by atomic mass is 32.2. The summed E-state index contributed by atoms with van der Waals surface area (Å²) in [6.07, 6.45) is 0.0394. The number of hydrogen-bond donors (Lipinski definition) is 3. The summed E-state index contributed by atoms with van der Waals surface area (Å²) in [4.78, 5) is 23.3. The number of hydrogen-bond acceptors (Lipinski definition) is 5. The Morgan fingerprint density at radius 2 is 2.35 bits per heavy atom. The van der Waals surface area contributed by atoms with Gasteiger partial charge in [0.1, 0.15) is 11.0 Å². The minimum atomic E-state index is -0.530. The number of carbonyl (C=O) groups excluding carboxylic acids is 2. The molecule has 1 unspecified atom stereocenters. The zero-order chi connectivity index (χ0) is 14.5. The van der Waals surface area contributed by atoms with E-state index in [0.29, 0.717) is 18.0 Å². The number of amides is 2. The van der Waals surface area contributed by atoms with Crippen LogP contribution in [-0.2, 0) is 9.59 Å². The van der Waals surface area contributed by atoms with Crippen molar-refractivity contribution in [2.45, 2.75) is 18.6 Å². The molecule has 1 aromatic carbocycles. The minimum absolute atomic E-state index is 0.0394. The van der Waals surface area contributed by atoms with E-state index in [9.17, 15) is 9.59 Å². The van der Waals surface area contributed by atoms with Crippen molar-refractivity contribution in [1.82, 2.24) is 5.32 Å². The summed E-state index contributed by atoms with van der Waals surface area (Å²) in [6.45, 7) is 2.44. The fourth-order valence-electron chi connectivity index (χ4n) is 1.76. The molecule has 6 nitrogen and oxygen atoms in total. The maximum atomic E-state index is 11.9. The average Bonchev–Trinajstić information content (AvgIpc) is 2.68. The Bertz CT molecular complexity index is 547. The molecular weight excluding hydrogens is 278 g/mol. The van der Waals surface area contributed by atoms with Crippen molar-refractivity contribution in [3.05, 3.63) is 24.3 Å². The first kappa shape index (κ1) is 14.4. The van der Waals surface area contributed by atoms with Crippen LogP contribution in [0.5, 0.6) is 5.75 Å². The molecule has 1 aliphatic rings. The van der Waals surface area contributed by atoms with Gasteiger partial charge in [-0.1, -0.05) is 17.8 Å². The van der Waals surface area contributed by atoms with Crippen LogP contribution in [-0.4, -0.2) is 28.8 Å². The van der Waals surface area contributed by atoms with Gasteiger partial charge in [0.15, 0.2) is 5.17 Å². The molecule has 0 bridgehead atoms.